The van der Waals surface area contributed by atoms with Crippen LogP contribution in [0.25, 0.3) is 61.8 Å². The van der Waals surface area contributed by atoms with E-state index in [4.69, 9.17) is 4.98 Å². The summed E-state index contributed by atoms with van der Waals surface area (Å²) < 4.78 is 2.34. The number of imidazole rings is 1. The summed E-state index contributed by atoms with van der Waals surface area (Å²) in [6.07, 6.45) is 3.69. The summed E-state index contributed by atoms with van der Waals surface area (Å²) >= 11 is 0. The molecule has 7 aromatic rings. The summed E-state index contributed by atoms with van der Waals surface area (Å²) in [5.74, 6) is 1.53. The summed E-state index contributed by atoms with van der Waals surface area (Å²) in [5, 5.41) is 0. The number of fused-ring (bicyclic) bond motifs is 1. The zero-order chi connectivity index (χ0) is 30.9. The topological polar surface area (TPSA) is 43.6 Å². The van der Waals surface area contributed by atoms with E-state index in [1.807, 2.05) is 36.7 Å². The third kappa shape index (κ3) is 5.44. The van der Waals surface area contributed by atoms with E-state index >= 15 is 0 Å². The fourth-order valence-electron chi connectivity index (χ4n) is 6.19. The Morgan fingerprint density at radius 3 is 1.71 bits per heavy atom. The van der Waals surface area contributed by atoms with Crippen LogP contribution in [0, 0.1) is 0 Å². The van der Waals surface area contributed by atoms with Gasteiger partial charge in [0, 0.05) is 34.8 Å². The first-order valence-corrected chi connectivity index (χ1v) is 15.7. The zero-order valence-electron chi connectivity index (χ0n) is 26.1. The van der Waals surface area contributed by atoms with E-state index in [0.717, 1.165) is 45.1 Å². The molecule has 0 fully saturated rings. The molecule has 45 heavy (non-hydrogen) atoms. The molecule has 0 saturated carbocycles. The Morgan fingerprint density at radius 2 is 1.11 bits per heavy atom. The van der Waals surface area contributed by atoms with Crippen molar-refractivity contribution in [2.45, 2.75) is 39.5 Å². The van der Waals surface area contributed by atoms with Crippen molar-refractivity contribution in [3.8, 4) is 50.7 Å². The van der Waals surface area contributed by atoms with E-state index in [2.05, 4.69) is 139 Å². The first-order valence-electron chi connectivity index (χ1n) is 15.7. The summed E-state index contributed by atoms with van der Waals surface area (Å²) in [6.45, 7) is 9.13. The molecule has 3 heterocycles. The Balaban J connectivity index is 1.54. The highest BCUT2D eigenvalue weighted by Crippen LogP contribution is 2.42. The first kappa shape index (κ1) is 28.4. The van der Waals surface area contributed by atoms with Gasteiger partial charge in [0.25, 0.3) is 0 Å². The number of pyridine rings is 2. The van der Waals surface area contributed by atoms with Crippen molar-refractivity contribution >= 4 is 11.0 Å². The molecular formula is C41H36N4. The molecule has 0 aliphatic rings. The maximum absolute atomic E-state index is 5.41. The van der Waals surface area contributed by atoms with Gasteiger partial charge in [-0.05, 0) is 82.6 Å². The molecule has 4 heteroatoms. The first-order chi connectivity index (χ1) is 22.0. The van der Waals surface area contributed by atoms with Gasteiger partial charge in [-0.3, -0.25) is 14.5 Å². The second kappa shape index (κ2) is 12.0. The van der Waals surface area contributed by atoms with Crippen molar-refractivity contribution in [2.75, 3.05) is 0 Å². The van der Waals surface area contributed by atoms with E-state index in [-0.39, 0.29) is 0 Å². The third-order valence-electron chi connectivity index (χ3n) is 8.45. The normalized spacial score (nSPS) is 11.5. The standard InChI is InChI=1S/C41H36N4/c1-27(2)34-24-32(29-13-6-5-7-14-29)25-35(28(3)4)40(34)41-44-38-20-19-31(37-18-9-11-22-43-37)26-39(38)45(41)33-16-12-15-30(23-33)36-17-8-10-21-42-36/h5-28H,1-4H3. The van der Waals surface area contributed by atoms with Gasteiger partial charge >= 0.3 is 0 Å². The molecule has 0 amide bonds. The highest BCUT2D eigenvalue weighted by molar-refractivity contribution is 5.89. The maximum atomic E-state index is 5.41. The lowest BCUT2D eigenvalue weighted by Crippen LogP contribution is -2.06. The fraction of sp³-hybridized carbons (Fsp3) is 0.146. The van der Waals surface area contributed by atoms with E-state index in [1.54, 1.807) is 0 Å². The molecule has 0 aliphatic heterocycles. The minimum Gasteiger partial charge on any atom is -0.292 e. The largest absolute Gasteiger partial charge is 0.292 e. The molecular weight excluding hydrogens is 548 g/mol. The predicted octanol–water partition coefficient (Wildman–Crippen LogP) is 10.7. The average molecular weight is 585 g/mol. The van der Waals surface area contributed by atoms with Gasteiger partial charge in [0.2, 0.25) is 0 Å². The molecule has 0 unspecified atom stereocenters. The number of hydrogen-bond donors (Lipinski definition) is 0. The molecule has 0 N–H and O–H groups in total. The Bertz CT molecular complexity index is 2060. The highest BCUT2D eigenvalue weighted by Gasteiger charge is 2.24. The Labute approximate surface area is 265 Å². The Hall–Kier alpha value is -5.35. The number of hydrogen-bond acceptors (Lipinski definition) is 3. The van der Waals surface area contributed by atoms with Crippen molar-refractivity contribution in [1.82, 2.24) is 19.5 Å². The van der Waals surface area contributed by atoms with E-state index in [0.29, 0.717) is 11.8 Å². The molecule has 4 nitrogen and oxygen atoms in total. The van der Waals surface area contributed by atoms with E-state index in [1.165, 1.54) is 27.8 Å². The summed E-state index contributed by atoms with van der Waals surface area (Å²) in [4.78, 5) is 14.7. The van der Waals surface area contributed by atoms with Crippen LogP contribution < -0.4 is 0 Å². The van der Waals surface area contributed by atoms with Crippen LogP contribution >= 0.6 is 0 Å². The lowest BCUT2D eigenvalue weighted by Gasteiger charge is -2.23. The van der Waals surface area contributed by atoms with Crippen molar-refractivity contribution in [3.05, 3.63) is 145 Å². The third-order valence-corrected chi connectivity index (χ3v) is 8.45. The van der Waals surface area contributed by atoms with Gasteiger partial charge in [0.1, 0.15) is 5.82 Å². The van der Waals surface area contributed by atoms with Crippen LogP contribution in [0.15, 0.2) is 134 Å². The summed E-state index contributed by atoms with van der Waals surface area (Å²) in [7, 11) is 0. The van der Waals surface area contributed by atoms with E-state index in [9.17, 15) is 0 Å². The fourth-order valence-corrected chi connectivity index (χ4v) is 6.19. The van der Waals surface area contributed by atoms with Crippen LogP contribution in [0.1, 0.15) is 50.7 Å². The van der Waals surface area contributed by atoms with Crippen LogP contribution in [0.4, 0.5) is 0 Å². The van der Waals surface area contributed by atoms with Crippen LogP contribution in [-0.4, -0.2) is 19.5 Å². The number of aromatic nitrogens is 4. The summed E-state index contributed by atoms with van der Waals surface area (Å²) in [6, 6.07) is 42.6. The van der Waals surface area contributed by atoms with Gasteiger partial charge in [-0.15, -0.1) is 0 Å². The SMILES string of the molecule is CC(C)c1cc(-c2ccccc2)cc(C(C)C)c1-c1nc2ccc(-c3ccccn3)cc2n1-c1cccc(-c2ccccn2)c1. The molecule has 0 radical (unpaired) electrons. The smallest absolute Gasteiger partial charge is 0.146 e. The quantitative estimate of drug-likeness (QED) is 0.187. The molecule has 0 spiro atoms. The number of nitrogens with zero attached hydrogens (tertiary/aromatic N) is 4. The van der Waals surface area contributed by atoms with Crippen LogP contribution in [0.5, 0.6) is 0 Å². The Morgan fingerprint density at radius 1 is 0.511 bits per heavy atom. The highest BCUT2D eigenvalue weighted by atomic mass is 15.1. The molecule has 3 aromatic heterocycles. The molecule has 0 aliphatic carbocycles. The minimum absolute atomic E-state index is 0.290. The Kier molecular flexibility index (Phi) is 7.56. The van der Waals surface area contributed by atoms with Crippen LogP contribution in [-0.2, 0) is 0 Å². The molecule has 220 valence electrons. The second-order valence-corrected chi connectivity index (χ2v) is 12.2. The molecule has 0 saturated heterocycles. The second-order valence-electron chi connectivity index (χ2n) is 12.2. The number of rotatable bonds is 7. The van der Waals surface area contributed by atoms with Crippen molar-refractivity contribution in [1.29, 1.82) is 0 Å². The molecule has 4 aromatic carbocycles. The maximum Gasteiger partial charge on any atom is 0.146 e. The van der Waals surface area contributed by atoms with Crippen molar-refractivity contribution < 1.29 is 0 Å². The van der Waals surface area contributed by atoms with Gasteiger partial charge in [-0.1, -0.05) is 100 Å². The predicted molar refractivity (Wildman–Crippen MR) is 187 cm³/mol. The molecule has 0 bridgehead atoms. The minimum atomic E-state index is 0.290. The number of benzene rings is 4. The van der Waals surface area contributed by atoms with Crippen LogP contribution in [0.2, 0.25) is 0 Å². The van der Waals surface area contributed by atoms with Gasteiger partial charge in [0.15, 0.2) is 0 Å². The lowest BCUT2D eigenvalue weighted by molar-refractivity contribution is 0.833. The average Bonchev–Trinajstić information content (AvgIpc) is 3.47. The van der Waals surface area contributed by atoms with E-state index < -0.39 is 0 Å². The van der Waals surface area contributed by atoms with Gasteiger partial charge < -0.3 is 0 Å². The van der Waals surface area contributed by atoms with Gasteiger partial charge in [0.05, 0.1) is 22.4 Å². The zero-order valence-corrected chi connectivity index (χ0v) is 26.1. The van der Waals surface area contributed by atoms with Gasteiger partial charge in [-0.2, -0.15) is 0 Å². The molecule has 7 rings (SSSR count). The monoisotopic (exact) mass is 584 g/mol. The summed E-state index contributed by atoms with van der Waals surface area (Å²) in [5.41, 5.74) is 13.3. The molecule has 0 atom stereocenters. The van der Waals surface area contributed by atoms with Crippen molar-refractivity contribution in [2.24, 2.45) is 0 Å². The van der Waals surface area contributed by atoms with Crippen molar-refractivity contribution in [3.63, 3.8) is 0 Å². The van der Waals surface area contributed by atoms with Crippen LogP contribution in [0.3, 0.4) is 0 Å². The lowest BCUT2D eigenvalue weighted by atomic mass is 9.85. The van der Waals surface area contributed by atoms with Gasteiger partial charge in [-0.25, -0.2) is 4.98 Å².